The van der Waals surface area contributed by atoms with E-state index in [1.807, 2.05) is 18.2 Å². The highest BCUT2D eigenvalue weighted by molar-refractivity contribution is 5.72. The van der Waals surface area contributed by atoms with Gasteiger partial charge in [0, 0.05) is 18.2 Å². The summed E-state index contributed by atoms with van der Waals surface area (Å²) >= 11 is 0. The third-order valence-electron chi connectivity index (χ3n) is 2.88. The molecular formula is C12H15NO3. The van der Waals surface area contributed by atoms with Crippen LogP contribution in [-0.2, 0) is 9.53 Å². The maximum atomic E-state index is 11.3. The number of carbonyl (C=O) groups excluding carboxylic acids is 1. The molecule has 0 radical (unpaired) electrons. The van der Waals surface area contributed by atoms with Crippen LogP contribution in [-0.4, -0.2) is 26.7 Å². The average Bonchev–Trinajstić information content (AvgIpc) is 2.71. The lowest BCUT2D eigenvalue weighted by Gasteiger charge is -2.09. The first kappa shape index (κ1) is 10.8. The van der Waals surface area contributed by atoms with Gasteiger partial charge in [-0.1, -0.05) is 0 Å². The van der Waals surface area contributed by atoms with Gasteiger partial charge in [-0.25, -0.2) is 0 Å². The minimum absolute atomic E-state index is 0.178. The van der Waals surface area contributed by atoms with E-state index in [9.17, 15) is 4.79 Å². The molecule has 0 fully saturated rings. The van der Waals surface area contributed by atoms with Crippen molar-refractivity contribution in [1.29, 1.82) is 0 Å². The van der Waals surface area contributed by atoms with Crippen LogP contribution >= 0.6 is 0 Å². The van der Waals surface area contributed by atoms with Crippen molar-refractivity contribution in [1.82, 2.24) is 0 Å². The van der Waals surface area contributed by atoms with Crippen LogP contribution in [0, 0.1) is 0 Å². The van der Waals surface area contributed by atoms with Crippen LogP contribution in [0.3, 0.4) is 0 Å². The van der Waals surface area contributed by atoms with Gasteiger partial charge in [0.05, 0.1) is 20.6 Å². The fraction of sp³-hybridized carbons (Fsp3) is 0.417. The normalized spacial score (nSPS) is 17.5. The quantitative estimate of drug-likeness (QED) is 0.790. The number of ether oxygens (including phenoxy) is 2. The smallest absolute Gasteiger partial charge is 0.306 e. The summed E-state index contributed by atoms with van der Waals surface area (Å²) in [5.74, 6) is 0.817. The lowest BCUT2D eigenvalue weighted by molar-refractivity contribution is -0.140. The van der Waals surface area contributed by atoms with Crippen molar-refractivity contribution in [2.45, 2.75) is 12.3 Å². The van der Waals surface area contributed by atoms with Crippen molar-refractivity contribution < 1.29 is 14.3 Å². The highest BCUT2D eigenvalue weighted by atomic mass is 16.5. The Kier molecular flexibility index (Phi) is 2.99. The van der Waals surface area contributed by atoms with Crippen LogP contribution in [0.15, 0.2) is 18.2 Å². The Labute approximate surface area is 94.6 Å². The highest BCUT2D eigenvalue weighted by Crippen LogP contribution is 2.36. The van der Waals surface area contributed by atoms with E-state index < -0.39 is 0 Å². The maximum absolute atomic E-state index is 11.3. The molecular weight excluding hydrogens is 206 g/mol. The largest absolute Gasteiger partial charge is 0.497 e. The van der Waals surface area contributed by atoms with Gasteiger partial charge >= 0.3 is 5.97 Å². The second-order valence-corrected chi connectivity index (χ2v) is 3.81. The van der Waals surface area contributed by atoms with Gasteiger partial charge in [0.2, 0.25) is 0 Å². The molecule has 1 N–H and O–H groups in total. The van der Waals surface area contributed by atoms with Gasteiger partial charge in [-0.3, -0.25) is 4.79 Å². The van der Waals surface area contributed by atoms with Gasteiger partial charge in [-0.05, 0) is 23.8 Å². The zero-order chi connectivity index (χ0) is 11.5. The molecule has 1 aliphatic rings. The molecule has 86 valence electrons. The molecule has 16 heavy (non-hydrogen) atoms. The maximum Gasteiger partial charge on any atom is 0.306 e. The summed E-state index contributed by atoms with van der Waals surface area (Å²) in [5.41, 5.74) is 2.21. The average molecular weight is 221 g/mol. The van der Waals surface area contributed by atoms with Crippen LogP contribution in [0.1, 0.15) is 17.9 Å². The number of benzene rings is 1. The number of rotatable bonds is 3. The zero-order valence-electron chi connectivity index (χ0n) is 9.45. The van der Waals surface area contributed by atoms with E-state index in [-0.39, 0.29) is 11.9 Å². The van der Waals surface area contributed by atoms with Crippen LogP contribution in [0.25, 0.3) is 0 Å². The summed E-state index contributed by atoms with van der Waals surface area (Å²) in [7, 11) is 3.05. The van der Waals surface area contributed by atoms with Crippen molar-refractivity contribution in [3.05, 3.63) is 23.8 Å². The standard InChI is InChI=1S/C12H15NO3/c1-15-9-3-4-11-10(6-9)8(7-13-11)5-12(14)16-2/h3-4,6,8,13H,5,7H2,1-2H3. The van der Waals surface area contributed by atoms with Crippen LogP contribution in [0.4, 0.5) is 5.69 Å². The zero-order valence-corrected chi connectivity index (χ0v) is 9.45. The molecule has 4 nitrogen and oxygen atoms in total. The van der Waals surface area contributed by atoms with Crippen LogP contribution in [0.2, 0.25) is 0 Å². The van der Waals surface area contributed by atoms with Gasteiger partial charge in [0.1, 0.15) is 5.75 Å². The highest BCUT2D eigenvalue weighted by Gasteiger charge is 2.25. The van der Waals surface area contributed by atoms with Gasteiger partial charge < -0.3 is 14.8 Å². The number of esters is 1. The number of carbonyl (C=O) groups is 1. The molecule has 1 atom stereocenters. The molecule has 2 rings (SSSR count). The Morgan fingerprint density at radius 3 is 3.00 bits per heavy atom. The van der Waals surface area contributed by atoms with Gasteiger partial charge in [0.25, 0.3) is 0 Å². The van der Waals surface area contributed by atoms with Crippen LogP contribution in [0.5, 0.6) is 5.75 Å². The van der Waals surface area contributed by atoms with Crippen molar-refractivity contribution in [2.24, 2.45) is 0 Å². The fourth-order valence-corrected chi connectivity index (χ4v) is 1.98. The first-order chi connectivity index (χ1) is 7.74. The summed E-state index contributed by atoms with van der Waals surface area (Å²) in [5, 5.41) is 3.27. The van der Waals surface area contributed by atoms with E-state index in [0.717, 1.165) is 23.5 Å². The predicted molar refractivity (Wildman–Crippen MR) is 60.9 cm³/mol. The third-order valence-corrected chi connectivity index (χ3v) is 2.88. The first-order valence-corrected chi connectivity index (χ1v) is 5.23. The topological polar surface area (TPSA) is 47.6 Å². The number of fused-ring (bicyclic) bond motifs is 1. The Bertz CT molecular complexity index is 403. The van der Waals surface area contributed by atoms with Crippen LogP contribution < -0.4 is 10.1 Å². The Balaban J connectivity index is 2.20. The minimum Gasteiger partial charge on any atom is -0.497 e. The summed E-state index contributed by atoms with van der Waals surface area (Å²) < 4.78 is 9.86. The van der Waals surface area contributed by atoms with Gasteiger partial charge in [0.15, 0.2) is 0 Å². The summed E-state index contributed by atoms with van der Waals surface area (Å²) in [4.78, 5) is 11.3. The van der Waals surface area contributed by atoms with E-state index in [1.54, 1.807) is 7.11 Å². The number of anilines is 1. The Morgan fingerprint density at radius 2 is 2.31 bits per heavy atom. The Hall–Kier alpha value is -1.71. The first-order valence-electron chi connectivity index (χ1n) is 5.23. The monoisotopic (exact) mass is 221 g/mol. The van der Waals surface area contributed by atoms with E-state index in [2.05, 4.69) is 10.1 Å². The summed E-state index contributed by atoms with van der Waals surface area (Å²) in [6, 6.07) is 5.86. The second-order valence-electron chi connectivity index (χ2n) is 3.81. The van der Waals surface area contributed by atoms with Crippen molar-refractivity contribution >= 4 is 11.7 Å². The molecule has 0 aromatic heterocycles. The number of hydrogen-bond acceptors (Lipinski definition) is 4. The minimum atomic E-state index is -0.178. The molecule has 0 saturated carbocycles. The van der Waals surface area contributed by atoms with Gasteiger partial charge in [-0.15, -0.1) is 0 Å². The predicted octanol–water partition coefficient (Wildman–Crippen LogP) is 1.77. The lowest BCUT2D eigenvalue weighted by Crippen LogP contribution is -2.10. The van der Waals surface area contributed by atoms with Crippen molar-refractivity contribution in [3.8, 4) is 5.75 Å². The number of methoxy groups -OCH3 is 2. The van der Waals surface area contributed by atoms with E-state index in [4.69, 9.17) is 4.74 Å². The molecule has 0 bridgehead atoms. The lowest BCUT2D eigenvalue weighted by atomic mass is 9.98. The fourth-order valence-electron chi connectivity index (χ4n) is 1.98. The molecule has 0 saturated heterocycles. The number of hydrogen-bond donors (Lipinski definition) is 1. The van der Waals surface area contributed by atoms with Gasteiger partial charge in [-0.2, -0.15) is 0 Å². The van der Waals surface area contributed by atoms with E-state index in [0.29, 0.717) is 6.42 Å². The molecule has 4 heteroatoms. The molecule has 1 heterocycles. The van der Waals surface area contributed by atoms with E-state index >= 15 is 0 Å². The molecule has 1 aliphatic heterocycles. The molecule has 1 aromatic rings. The summed E-state index contributed by atoms with van der Waals surface area (Å²) in [6.07, 6.45) is 0.406. The SMILES string of the molecule is COC(=O)CC1CNc2ccc(OC)cc21. The Morgan fingerprint density at radius 1 is 1.50 bits per heavy atom. The number of nitrogens with one attached hydrogen (secondary N) is 1. The van der Waals surface area contributed by atoms with Crippen molar-refractivity contribution in [3.63, 3.8) is 0 Å². The molecule has 0 amide bonds. The molecule has 1 unspecified atom stereocenters. The molecule has 1 aromatic carbocycles. The molecule has 0 aliphatic carbocycles. The third kappa shape index (κ3) is 1.96. The second kappa shape index (κ2) is 4.43. The van der Waals surface area contributed by atoms with Crippen molar-refractivity contribution in [2.75, 3.05) is 26.1 Å². The molecule has 0 spiro atoms. The van der Waals surface area contributed by atoms with E-state index in [1.165, 1.54) is 7.11 Å². The summed E-state index contributed by atoms with van der Waals surface area (Å²) in [6.45, 7) is 0.775.